The number of hydrogen-bond donors (Lipinski definition) is 1. The van der Waals surface area contributed by atoms with Crippen LogP contribution in [0.4, 0.5) is 0 Å². The van der Waals surface area contributed by atoms with Gasteiger partial charge in [-0.2, -0.15) is 9.40 Å². The molecule has 2 N–H and O–H groups in total. The maximum Gasteiger partial charge on any atom is 0.243 e. The van der Waals surface area contributed by atoms with Crippen molar-refractivity contribution in [3.05, 3.63) is 36.4 Å². The van der Waals surface area contributed by atoms with Crippen molar-refractivity contribution in [3.8, 4) is 5.75 Å². The van der Waals surface area contributed by atoms with Gasteiger partial charge in [0.05, 0.1) is 4.90 Å². The predicted molar refractivity (Wildman–Crippen MR) is 92.5 cm³/mol. The molecule has 0 saturated heterocycles. The number of ether oxygens (including phenoxy) is 1. The molecule has 0 saturated carbocycles. The summed E-state index contributed by atoms with van der Waals surface area (Å²) in [7, 11) is -0.268. The standard InChI is InChI=1S/C14H21N5O3S.ClH/c1-11(8-15)19(3)23(20,21)13-6-4-12(5-7-13)22-9-14-16-10-17-18(14)2;/h4-7,10-11H,8-9,15H2,1-3H3;1H. The zero-order valence-electron chi connectivity index (χ0n) is 13.8. The smallest absolute Gasteiger partial charge is 0.243 e. The van der Waals surface area contributed by atoms with Crippen LogP contribution in [0.25, 0.3) is 0 Å². The molecule has 0 radical (unpaired) electrons. The molecule has 0 bridgehead atoms. The van der Waals surface area contributed by atoms with Crippen LogP contribution in [-0.2, 0) is 23.7 Å². The van der Waals surface area contributed by atoms with Gasteiger partial charge in [-0.25, -0.2) is 13.4 Å². The third-order valence-corrected chi connectivity index (χ3v) is 5.62. The third kappa shape index (κ3) is 4.44. The lowest BCUT2D eigenvalue weighted by Gasteiger charge is -2.23. The molecule has 10 heteroatoms. The SMILES string of the molecule is CC(CN)N(C)S(=O)(=O)c1ccc(OCc2ncnn2C)cc1.Cl. The van der Waals surface area contributed by atoms with Crippen molar-refractivity contribution in [2.45, 2.75) is 24.5 Å². The van der Waals surface area contributed by atoms with Crippen LogP contribution in [0.1, 0.15) is 12.7 Å². The number of nitrogens with zero attached hydrogens (tertiary/aromatic N) is 4. The van der Waals surface area contributed by atoms with Gasteiger partial charge in [-0.05, 0) is 31.2 Å². The van der Waals surface area contributed by atoms with Crippen molar-refractivity contribution in [1.82, 2.24) is 19.1 Å². The highest BCUT2D eigenvalue weighted by atomic mass is 35.5. The number of benzene rings is 1. The predicted octanol–water partition coefficient (Wildman–Crippen LogP) is 0.784. The van der Waals surface area contributed by atoms with Crippen molar-refractivity contribution in [3.63, 3.8) is 0 Å². The molecule has 1 heterocycles. The van der Waals surface area contributed by atoms with Gasteiger partial charge < -0.3 is 10.5 Å². The maximum absolute atomic E-state index is 12.4. The summed E-state index contributed by atoms with van der Waals surface area (Å²) in [5, 5.41) is 3.95. The Balaban J connectivity index is 0.00000288. The van der Waals surface area contributed by atoms with Crippen molar-refractivity contribution in [1.29, 1.82) is 0 Å². The molecule has 0 aliphatic heterocycles. The summed E-state index contributed by atoms with van der Waals surface area (Å²) < 4.78 is 33.3. The minimum absolute atomic E-state index is 0. The number of aryl methyl sites for hydroxylation is 1. The Bertz CT molecular complexity index is 748. The Hall–Kier alpha value is -1.68. The largest absolute Gasteiger partial charge is 0.486 e. The van der Waals surface area contributed by atoms with Crippen molar-refractivity contribution in [2.75, 3.05) is 13.6 Å². The number of hydrogen-bond acceptors (Lipinski definition) is 6. The van der Waals surface area contributed by atoms with Crippen LogP contribution in [-0.4, -0.2) is 47.1 Å². The number of likely N-dealkylation sites (N-methyl/N-ethyl adjacent to an activating group) is 1. The topological polar surface area (TPSA) is 103 Å². The first-order valence-corrected chi connectivity index (χ1v) is 8.54. The first kappa shape index (κ1) is 20.4. The normalized spacial score (nSPS) is 12.7. The van der Waals surface area contributed by atoms with Gasteiger partial charge in [-0.1, -0.05) is 0 Å². The molecule has 134 valence electrons. The Kier molecular flexibility index (Phi) is 7.15. The minimum Gasteiger partial charge on any atom is -0.486 e. The van der Waals surface area contributed by atoms with E-state index < -0.39 is 10.0 Å². The first-order chi connectivity index (χ1) is 10.9. The van der Waals surface area contributed by atoms with E-state index in [2.05, 4.69) is 10.1 Å². The van der Waals surface area contributed by atoms with E-state index in [0.717, 1.165) is 0 Å². The molecule has 1 unspecified atom stereocenters. The van der Waals surface area contributed by atoms with E-state index >= 15 is 0 Å². The molecule has 2 rings (SSSR count). The highest BCUT2D eigenvalue weighted by molar-refractivity contribution is 7.89. The minimum atomic E-state index is -3.56. The van der Waals surface area contributed by atoms with Gasteiger partial charge in [0.25, 0.3) is 0 Å². The molecule has 0 amide bonds. The van der Waals surface area contributed by atoms with Gasteiger partial charge in [0.2, 0.25) is 10.0 Å². The quantitative estimate of drug-likeness (QED) is 0.767. The van der Waals surface area contributed by atoms with Gasteiger partial charge in [0.15, 0.2) is 5.82 Å². The highest BCUT2D eigenvalue weighted by Crippen LogP contribution is 2.20. The van der Waals surface area contributed by atoms with Crippen molar-refractivity contribution < 1.29 is 13.2 Å². The summed E-state index contributed by atoms with van der Waals surface area (Å²) in [6, 6.07) is 5.99. The molecule has 1 aromatic carbocycles. The fourth-order valence-corrected chi connectivity index (χ4v) is 3.23. The van der Waals surface area contributed by atoms with Crippen LogP contribution in [0.5, 0.6) is 5.75 Å². The van der Waals surface area contributed by atoms with Crippen LogP contribution in [0.15, 0.2) is 35.5 Å². The second-order valence-corrected chi connectivity index (χ2v) is 7.16. The fourth-order valence-electron chi connectivity index (χ4n) is 1.86. The summed E-state index contributed by atoms with van der Waals surface area (Å²) in [6.45, 7) is 2.28. The van der Waals surface area contributed by atoms with Gasteiger partial charge in [-0.3, -0.25) is 4.68 Å². The summed E-state index contributed by atoms with van der Waals surface area (Å²) in [5.41, 5.74) is 5.53. The zero-order valence-corrected chi connectivity index (χ0v) is 15.4. The monoisotopic (exact) mass is 375 g/mol. The van der Waals surface area contributed by atoms with Gasteiger partial charge in [0, 0.05) is 26.7 Å². The second-order valence-electron chi connectivity index (χ2n) is 5.17. The molecule has 2 aromatic rings. The number of halogens is 1. The molecule has 0 aliphatic rings. The molecular formula is C14H22ClN5O3S. The number of sulfonamides is 1. The molecular weight excluding hydrogens is 354 g/mol. The van der Waals surface area contributed by atoms with Gasteiger partial charge in [0.1, 0.15) is 18.7 Å². The van der Waals surface area contributed by atoms with E-state index in [-0.39, 0.29) is 36.5 Å². The molecule has 0 spiro atoms. The van der Waals surface area contributed by atoms with Crippen LogP contribution < -0.4 is 10.5 Å². The van der Waals surface area contributed by atoms with Crippen LogP contribution in [0.2, 0.25) is 0 Å². The third-order valence-electron chi connectivity index (χ3n) is 3.64. The lowest BCUT2D eigenvalue weighted by atomic mass is 10.3. The van der Waals surface area contributed by atoms with E-state index in [0.29, 0.717) is 11.6 Å². The van der Waals surface area contributed by atoms with E-state index in [9.17, 15) is 8.42 Å². The Morgan fingerprint density at radius 1 is 1.33 bits per heavy atom. The van der Waals surface area contributed by atoms with E-state index in [1.165, 1.54) is 29.8 Å². The maximum atomic E-state index is 12.4. The molecule has 1 atom stereocenters. The van der Waals surface area contributed by atoms with Crippen LogP contribution in [0, 0.1) is 0 Å². The zero-order chi connectivity index (χ0) is 17.0. The molecule has 1 aromatic heterocycles. The Morgan fingerprint density at radius 2 is 1.96 bits per heavy atom. The Morgan fingerprint density at radius 3 is 2.46 bits per heavy atom. The summed E-state index contributed by atoms with van der Waals surface area (Å²) in [4.78, 5) is 4.25. The first-order valence-electron chi connectivity index (χ1n) is 7.10. The molecule has 24 heavy (non-hydrogen) atoms. The summed E-state index contributed by atoms with van der Waals surface area (Å²) in [6.07, 6.45) is 1.45. The number of nitrogens with two attached hydrogens (primary N) is 1. The number of aromatic nitrogens is 3. The fraction of sp³-hybridized carbons (Fsp3) is 0.429. The lowest BCUT2D eigenvalue weighted by molar-refractivity contribution is 0.289. The van der Waals surface area contributed by atoms with Gasteiger partial charge >= 0.3 is 0 Å². The van der Waals surface area contributed by atoms with Crippen LogP contribution in [0.3, 0.4) is 0 Å². The van der Waals surface area contributed by atoms with E-state index in [1.54, 1.807) is 30.8 Å². The average molecular weight is 376 g/mol. The molecule has 0 fully saturated rings. The van der Waals surface area contributed by atoms with Crippen molar-refractivity contribution >= 4 is 22.4 Å². The second kappa shape index (κ2) is 8.43. The Labute approximate surface area is 148 Å². The molecule has 0 aliphatic carbocycles. The molecule has 8 nitrogen and oxygen atoms in total. The van der Waals surface area contributed by atoms with E-state index in [4.69, 9.17) is 10.5 Å². The van der Waals surface area contributed by atoms with Gasteiger partial charge in [-0.15, -0.1) is 12.4 Å². The summed E-state index contributed by atoms with van der Waals surface area (Å²) in [5.74, 6) is 1.24. The average Bonchev–Trinajstić information content (AvgIpc) is 2.97. The number of rotatable bonds is 7. The van der Waals surface area contributed by atoms with Crippen LogP contribution >= 0.6 is 12.4 Å². The van der Waals surface area contributed by atoms with Crippen molar-refractivity contribution in [2.24, 2.45) is 12.8 Å². The highest BCUT2D eigenvalue weighted by Gasteiger charge is 2.24. The summed E-state index contributed by atoms with van der Waals surface area (Å²) >= 11 is 0. The lowest BCUT2D eigenvalue weighted by Crippen LogP contribution is -2.39. The van der Waals surface area contributed by atoms with E-state index in [1.807, 2.05) is 0 Å².